The van der Waals surface area contributed by atoms with Gasteiger partial charge in [0, 0.05) is 49.5 Å². The number of nitrogens with one attached hydrogen (secondary N) is 1. The van der Waals surface area contributed by atoms with Crippen molar-refractivity contribution in [2.24, 2.45) is 5.92 Å². The summed E-state index contributed by atoms with van der Waals surface area (Å²) < 4.78 is 0. The van der Waals surface area contributed by atoms with Gasteiger partial charge in [0.25, 0.3) is 11.8 Å². The summed E-state index contributed by atoms with van der Waals surface area (Å²) in [6, 6.07) is 17.3. The Morgan fingerprint density at radius 3 is 2.11 bits per heavy atom. The van der Waals surface area contributed by atoms with Crippen molar-refractivity contribution >= 4 is 17.5 Å². The number of para-hydroxylation sites is 1. The summed E-state index contributed by atoms with van der Waals surface area (Å²) in [5, 5.41) is 2.92. The SMILES string of the molecule is CC(C)CCNC(=O)c1ccc(C(=O)N2CCN(c3ccccc3)CC2)cc1. The van der Waals surface area contributed by atoms with Gasteiger partial charge >= 0.3 is 0 Å². The third kappa shape index (κ3) is 5.12. The first-order valence-corrected chi connectivity index (χ1v) is 10.0. The molecule has 1 fully saturated rings. The summed E-state index contributed by atoms with van der Waals surface area (Å²) in [7, 11) is 0. The van der Waals surface area contributed by atoms with Gasteiger partial charge in [0.15, 0.2) is 0 Å². The standard InChI is InChI=1S/C23H29N3O2/c1-18(2)12-13-24-22(27)19-8-10-20(11-9-19)23(28)26-16-14-25(15-17-26)21-6-4-3-5-7-21/h3-11,18H,12-17H2,1-2H3,(H,24,27). The van der Waals surface area contributed by atoms with Crippen LogP contribution in [-0.4, -0.2) is 49.4 Å². The van der Waals surface area contributed by atoms with Crippen LogP contribution >= 0.6 is 0 Å². The highest BCUT2D eigenvalue weighted by molar-refractivity contribution is 5.97. The van der Waals surface area contributed by atoms with Crippen LogP contribution in [0.5, 0.6) is 0 Å². The van der Waals surface area contributed by atoms with Gasteiger partial charge in [-0.2, -0.15) is 0 Å². The largest absolute Gasteiger partial charge is 0.368 e. The fraction of sp³-hybridized carbons (Fsp3) is 0.391. The summed E-state index contributed by atoms with van der Waals surface area (Å²) in [6.07, 6.45) is 0.956. The molecule has 2 amide bonds. The van der Waals surface area contributed by atoms with Gasteiger partial charge in [-0.3, -0.25) is 9.59 Å². The molecule has 5 nitrogen and oxygen atoms in total. The average Bonchev–Trinajstić information content (AvgIpc) is 2.74. The van der Waals surface area contributed by atoms with Gasteiger partial charge in [-0.15, -0.1) is 0 Å². The van der Waals surface area contributed by atoms with Gasteiger partial charge in [-0.05, 0) is 48.7 Å². The molecular weight excluding hydrogens is 350 g/mol. The molecular formula is C23H29N3O2. The molecule has 0 bridgehead atoms. The van der Waals surface area contributed by atoms with E-state index in [1.807, 2.05) is 23.1 Å². The average molecular weight is 380 g/mol. The Morgan fingerprint density at radius 2 is 1.50 bits per heavy atom. The van der Waals surface area contributed by atoms with Gasteiger partial charge in [-0.1, -0.05) is 32.0 Å². The Bertz CT molecular complexity index is 779. The summed E-state index contributed by atoms with van der Waals surface area (Å²) in [5.41, 5.74) is 2.42. The number of anilines is 1. The predicted molar refractivity (Wildman–Crippen MR) is 113 cm³/mol. The Labute approximate surface area is 167 Å². The first-order valence-electron chi connectivity index (χ1n) is 10.0. The van der Waals surface area contributed by atoms with Gasteiger partial charge < -0.3 is 15.1 Å². The lowest BCUT2D eigenvalue weighted by atomic mass is 10.1. The topological polar surface area (TPSA) is 52.7 Å². The number of nitrogens with zero attached hydrogens (tertiary/aromatic N) is 2. The molecule has 0 spiro atoms. The molecule has 2 aromatic rings. The van der Waals surface area contributed by atoms with Gasteiger partial charge in [0.2, 0.25) is 0 Å². The van der Waals surface area contributed by atoms with Crippen LogP contribution in [0.15, 0.2) is 54.6 Å². The molecule has 0 atom stereocenters. The Balaban J connectivity index is 1.53. The maximum Gasteiger partial charge on any atom is 0.253 e. The molecule has 2 aromatic carbocycles. The zero-order chi connectivity index (χ0) is 19.9. The molecule has 0 unspecified atom stereocenters. The van der Waals surface area contributed by atoms with Crippen LogP contribution in [0, 0.1) is 5.92 Å². The van der Waals surface area contributed by atoms with Crippen LogP contribution < -0.4 is 10.2 Å². The van der Waals surface area contributed by atoms with E-state index in [2.05, 4.69) is 36.2 Å². The number of benzene rings is 2. The molecule has 28 heavy (non-hydrogen) atoms. The second-order valence-corrected chi connectivity index (χ2v) is 7.63. The second-order valence-electron chi connectivity index (χ2n) is 7.63. The third-order valence-corrected chi connectivity index (χ3v) is 5.09. The van der Waals surface area contributed by atoms with E-state index in [9.17, 15) is 9.59 Å². The molecule has 3 rings (SSSR count). The normalized spacial score (nSPS) is 14.2. The minimum Gasteiger partial charge on any atom is -0.368 e. The van der Waals surface area contributed by atoms with E-state index in [4.69, 9.17) is 0 Å². The molecule has 1 aliphatic heterocycles. The number of piperazine rings is 1. The van der Waals surface area contributed by atoms with E-state index in [-0.39, 0.29) is 11.8 Å². The molecule has 0 aliphatic carbocycles. The maximum absolute atomic E-state index is 12.8. The molecule has 0 saturated carbocycles. The van der Waals surface area contributed by atoms with E-state index < -0.39 is 0 Å². The first kappa shape index (κ1) is 19.9. The van der Waals surface area contributed by atoms with Crippen LogP contribution in [0.3, 0.4) is 0 Å². The van der Waals surface area contributed by atoms with Gasteiger partial charge in [0.1, 0.15) is 0 Å². The summed E-state index contributed by atoms with van der Waals surface area (Å²) in [5.74, 6) is 0.498. The lowest BCUT2D eigenvalue weighted by molar-refractivity contribution is 0.0746. The number of carbonyl (C=O) groups is 2. The zero-order valence-corrected chi connectivity index (χ0v) is 16.7. The molecule has 1 saturated heterocycles. The number of amides is 2. The molecule has 1 N–H and O–H groups in total. The van der Waals surface area contributed by atoms with Crippen molar-refractivity contribution in [3.05, 3.63) is 65.7 Å². The van der Waals surface area contributed by atoms with Crippen LogP contribution in [-0.2, 0) is 0 Å². The number of carbonyl (C=O) groups excluding carboxylic acids is 2. The van der Waals surface area contributed by atoms with E-state index in [1.165, 1.54) is 5.69 Å². The molecule has 0 aromatic heterocycles. The van der Waals surface area contributed by atoms with Gasteiger partial charge in [0.05, 0.1) is 0 Å². The van der Waals surface area contributed by atoms with Crippen LogP contribution in [0.4, 0.5) is 5.69 Å². The monoisotopic (exact) mass is 379 g/mol. The molecule has 148 valence electrons. The van der Waals surface area contributed by atoms with E-state index >= 15 is 0 Å². The van der Waals surface area contributed by atoms with Gasteiger partial charge in [-0.25, -0.2) is 0 Å². The zero-order valence-electron chi connectivity index (χ0n) is 16.7. The smallest absolute Gasteiger partial charge is 0.253 e. The second kappa shape index (κ2) is 9.40. The Kier molecular flexibility index (Phi) is 6.69. The minimum atomic E-state index is -0.0869. The Hall–Kier alpha value is -2.82. The van der Waals surface area contributed by atoms with Crippen LogP contribution in [0.1, 0.15) is 41.0 Å². The van der Waals surface area contributed by atoms with Crippen molar-refractivity contribution in [2.45, 2.75) is 20.3 Å². The van der Waals surface area contributed by atoms with Crippen molar-refractivity contribution in [2.75, 3.05) is 37.6 Å². The van der Waals surface area contributed by atoms with Crippen LogP contribution in [0.2, 0.25) is 0 Å². The molecule has 1 heterocycles. The highest BCUT2D eigenvalue weighted by Gasteiger charge is 2.22. The lowest BCUT2D eigenvalue weighted by Gasteiger charge is -2.36. The van der Waals surface area contributed by atoms with Crippen molar-refractivity contribution in [3.63, 3.8) is 0 Å². The van der Waals surface area contributed by atoms with Crippen molar-refractivity contribution in [3.8, 4) is 0 Å². The highest BCUT2D eigenvalue weighted by atomic mass is 16.2. The van der Waals surface area contributed by atoms with E-state index in [1.54, 1.807) is 24.3 Å². The molecule has 1 aliphatic rings. The summed E-state index contributed by atoms with van der Waals surface area (Å²) in [6.45, 7) is 7.98. The predicted octanol–water partition coefficient (Wildman–Crippen LogP) is 3.42. The van der Waals surface area contributed by atoms with E-state index in [0.717, 1.165) is 19.5 Å². The number of rotatable bonds is 6. The van der Waals surface area contributed by atoms with Crippen molar-refractivity contribution in [1.82, 2.24) is 10.2 Å². The fourth-order valence-corrected chi connectivity index (χ4v) is 3.33. The van der Waals surface area contributed by atoms with E-state index in [0.29, 0.717) is 36.7 Å². The third-order valence-electron chi connectivity index (χ3n) is 5.09. The van der Waals surface area contributed by atoms with Crippen molar-refractivity contribution in [1.29, 1.82) is 0 Å². The summed E-state index contributed by atoms with van der Waals surface area (Å²) in [4.78, 5) is 29.1. The highest BCUT2D eigenvalue weighted by Crippen LogP contribution is 2.17. The lowest BCUT2D eigenvalue weighted by Crippen LogP contribution is -2.48. The fourth-order valence-electron chi connectivity index (χ4n) is 3.33. The minimum absolute atomic E-state index is 0.0273. The quantitative estimate of drug-likeness (QED) is 0.837. The molecule has 5 heteroatoms. The van der Waals surface area contributed by atoms with Crippen LogP contribution in [0.25, 0.3) is 0 Å². The maximum atomic E-state index is 12.8. The number of hydrogen-bond donors (Lipinski definition) is 1. The molecule has 0 radical (unpaired) electrons. The first-order chi connectivity index (χ1) is 13.5. The van der Waals surface area contributed by atoms with Crippen molar-refractivity contribution < 1.29 is 9.59 Å². The summed E-state index contributed by atoms with van der Waals surface area (Å²) >= 11 is 0. The number of hydrogen-bond acceptors (Lipinski definition) is 3. The Morgan fingerprint density at radius 1 is 0.893 bits per heavy atom.